The molecule has 1 aromatic rings. The van der Waals surface area contributed by atoms with Gasteiger partial charge in [-0.1, -0.05) is 23.7 Å². The van der Waals surface area contributed by atoms with E-state index in [4.69, 9.17) is 11.6 Å². The fraction of sp³-hybridized carbons (Fsp3) is 0.538. The van der Waals surface area contributed by atoms with Crippen LogP contribution in [0.3, 0.4) is 0 Å². The number of hydrogen-bond acceptors (Lipinski definition) is 3. The smallest absolute Gasteiger partial charge is 0.0917 e. The van der Waals surface area contributed by atoms with E-state index < -0.39 is 6.10 Å². The van der Waals surface area contributed by atoms with Crippen LogP contribution in [0.2, 0.25) is 5.02 Å². The molecule has 4 heteroatoms. The van der Waals surface area contributed by atoms with E-state index in [0.29, 0.717) is 17.6 Å². The Morgan fingerprint density at radius 1 is 1.59 bits per heavy atom. The van der Waals surface area contributed by atoms with Gasteiger partial charge in [0.25, 0.3) is 0 Å². The highest BCUT2D eigenvalue weighted by Crippen LogP contribution is 2.24. The monoisotopic (exact) mass is 271 g/mol. The van der Waals surface area contributed by atoms with E-state index in [-0.39, 0.29) is 0 Å². The van der Waals surface area contributed by atoms with E-state index in [1.807, 2.05) is 36.0 Å². The predicted molar refractivity (Wildman–Crippen MR) is 74.8 cm³/mol. The largest absolute Gasteiger partial charge is 0.387 e. The molecule has 1 fully saturated rings. The van der Waals surface area contributed by atoms with Crippen LogP contribution in [-0.2, 0) is 0 Å². The van der Waals surface area contributed by atoms with Gasteiger partial charge in [-0.2, -0.15) is 11.8 Å². The summed E-state index contributed by atoms with van der Waals surface area (Å²) in [4.78, 5) is 2.26. The first-order valence-electron chi connectivity index (χ1n) is 5.88. The maximum atomic E-state index is 10.2. The number of aliphatic hydroxyl groups is 1. The Balaban J connectivity index is 1.93. The van der Waals surface area contributed by atoms with Crippen molar-refractivity contribution in [1.82, 2.24) is 4.90 Å². The number of benzene rings is 1. The second kappa shape index (κ2) is 6.10. The third kappa shape index (κ3) is 3.62. The lowest BCUT2D eigenvalue weighted by Crippen LogP contribution is -2.34. The standard InChI is InChI=1S/C13H18ClNOS/c1-15(12-5-6-17-9-12)8-13(16)10-3-2-4-11(14)7-10/h2-4,7,12-13,16H,5-6,8-9H2,1H3/t12-,13-/m0/s1. The van der Waals surface area contributed by atoms with Crippen LogP contribution < -0.4 is 0 Å². The topological polar surface area (TPSA) is 23.5 Å². The highest BCUT2D eigenvalue weighted by atomic mass is 35.5. The third-order valence-electron chi connectivity index (χ3n) is 3.22. The summed E-state index contributed by atoms with van der Waals surface area (Å²) in [5, 5.41) is 10.8. The van der Waals surface area contributed by atoms with E-state index in [2.05, 4.69) is 11.9 Å². The molecule has 1 aromatic carbocycles. The first-order chi connectivity index (χ1) is 8.16. The van der Waals surface area contributed by atoms with Crippen molar-refractivity contribution in [2.24, 2.45) is 0 Å². The second-order valence-corrected chi connectivity index (χ2v) is 6.11. The minimum atomic E-state index is -0.454. The summed E-state index contributed by atoms with van der Waals surface area (Å²) in [6, 6.07) is 8.08. The molecule has 94 valence electrons. The molecule has 0 aromatic heterocycles. The van der Waals surface area contributed by atoms with Gasteiger partial charge in [-0.3, -0.25) is 4.90 Å². The van der Waals surface area contributed by atoms with Crippen LogP contribution in [0.4, 0.5) is 0 Å². The van der Waals surface area contributed by atoms with Crippen LogP contribution in [0, 0.1) is 0 Å². The minimum Gasteiger partial charge on any atom is -0.387 e. The molecule has 2 atom stereocenters. The third-order valence-corrected chi connectivity index (χ3v) is 4.60. The van der Waals surface area contributed by atoms with Crippen molar-refractivity contribution in [3.63, 3.8) is 0 Å². The van der Waals surface area contributed by atoms with Gasteiger partial charge in [0.1, 0.15) is 0 Å². The Morgan fingerprint density at radius 2 is 2.41 bits per heavy atom. The molecule has 1 aliphatic heterocycles. The first kappa shape index (κ1) is 13.2. The fourth-order valence-electron chi connectivity index (χ4n) is 2.11. The molecule has 1 N–H and O–H groups in total. The molecule has 0 amide bonds. The van der Waals surface area contributed by atoms with Gasteiger partial charge in [0.2, 0.25) is 0 Å². The van der Waals surface area contributed by atoms with Gasteiger partial charge in [-0.15, -0.1) is 0 Å². The Bertz CT molecular complexity index is 368. The molecular weight excluding hydrogens is 254 g/mol. The van der Waals surface area contributed by atoms with Gasteiger partial charge in [0.15, 0.2) is 0 Å². The van der Waals surface area contributed by atoms with E-state index >= 15 is 0 Å². The molecule has 0 radical (unpaired) electrons. The summed E-state index contributed by atoms with van der Waals surface area (Å²) in [7, 11) is 2.09. The van der Waals surface area contributed by atoms with Gasteiger partial charge in [0, 0.05) is 23.4 Å². The van der Waals surface area contributed by atoms with Gasteiger partial charge in [-0.05, 0) is 36.9 Å². The van der Waals surface area contributed by atoms with Gasteiger partial charge >= 0.3 is 0 Å². The van der Waals surface area contributed by atoms with Crippen LogP contribution in [0.5, 0.6) is 0 Å². The predicted octanol–water partition coefficient (Wildman–Crippen LogP) is 2.81. The van der Waals surface area contributed by atoms with Gasteiger partial charge in [-0.25, -0.2) is 0 Å². The maximum absolute atomic E-state index is 10.2. The highest BCUT2D eigenvalue weighted by molar-refractivity contribution is 7.99. The van der Waals surface area contributed by atoms with Crippen LogP contribution >= 0.6 is 23.4 Å². The number of hydrogen-bond donors (Lipinski definition) is 1. The first-order valence-corrected chi connectivity index (χ1v) is 7.41. The molecule has 17 heavy (non-hydrogen) atoms. The van der Waals surface area contributed by atoms with Crippen molar-refractivity contribution in [3.8, 4) is 0 Å². The van der Waals surface area contributed by atoms with E-state index in [1.54, 1.807) is 0 Å². The van der Waals surface area contributed by atoms with Crippen molar-refractivity contribution < 1.29 is 5.11 Å². The summed E-state index contributed by atoms with van der Waals surface area (Å²) in [6.07, 6.45) is 0.771. The van der Waals surface area contributed by atoms with Crippen LogP contribution in [0.1, 0.15) is 18.1 Å². The highest BCUT2D eigenvalue weighted by Gasteiger charge is 2.22. The van der Waals surface area contributed by atoms with Crippen LogP contribution in [0.25, 0.3) is 0 Å². The number of rotatable bonds is 4. The van der Waals surface area contributed by atoms with Gasteiger partial charge < -0.3 is 5.11 Å². The maximum Gasteiger partial charge on any atom is 0.0917 e. The lowest BCUT2D eigenvalue weighted by molar-refractivity contribution is 0.110. The normalized spacial score (nSPS) is 22.0. The Morgan fingerprint density at radius 3 is 3.06 bits per heavy atom. The summed E-state index contributed by atoms with van der Waals surface area (Å²) >= 11 is 7.92. The zero-order valence-electron chi connectivity index (χ0n) is 9.97. The Hall–Kier alpha value is -0.220. The van der Waals surface area contributed by atoms with Crippen molar-refractivity contribution in [1.29, 1.82) is 0 Å². The minimum absolute atomic E-state index is 0.454. The molecule has 2 nitrogen and oxygen atoms in total. The van der Waals surface area contributed by atoms with Crippen molar-refractivity contribution in [2.45, 2.75) is 18.6 Å². The van der Waals surface area contributed by atoms with Crippen molar-refractivity contribution in [3.05, 3.63) is 34.9 Å². The van der Waals surface area contributed by atoms with Crippen LogP contribution in [0.15, 0.2) is 24.3 Å². The fourth-order valence-corrected chi connectivity index (χ4v) is 3.61. The molecule has 0 unspecified atom stereocenters. The molecule has 0 spiro atoms. The number of halogens is 1. The molecular formula is C13H18ClNOS. The lowest BCUT2D eigenvalue weighted by atomic mass is 10.1. The van der Waals surface area contributed by atoms with Gasteiger partial charge in [0.05, 0.1) is 6.10 Å². The van der Waals surface area contributed by atoms with Crippen molar-refractivity contribution >= 4 is 23.4 Å². The number of nitrogens with zero attached hydrogens (tertiary/aromatic N) is 1. The average Bonchev–Trinajstić information content (AvgIpc) is 2.82. The zero-order chi connectivity index (χ0) is 12.3. The molecule has 0 bridgehead atoms. The number of aliphatic hydroxyl groups excluding tert-OH is 1. The second-order valence-electron chi connectivity index (χ2n) is 4.53. The summed E-state index contributed by atoms with van der Waals surface area (Å²) < 4.78 is 0. The summed E-state index contributed by atoms with van der Waals surface area (Å²) in [5.41, 5.74) is 0.898. The SMILES string of the molecule is CN(C[C@H](O)c1cccc(Cl)c1)[C@H]1CCSC1. The van der Waals surface area contributed by atoms with E-state index in [1.165, 1.54) is 17.9 Å². The summed E-state index contributed by atoms with van der Waals surface area (Å²) in [5.74, 6) is 2.42. The molecule has 1 aliphatic rings. The molecule has 1 heterocycles. The van der Waals surface area contributed by atoms with Crippen LogP contribution in [-0.4, -0.2) is 41.1 Å². The lowest BCUT2D eigenvalue weighted by Gasteiger charge is -2.26. The molecule has 2 rings (SSSR count). The molecule has 0 saturated carbocycles. The van der Waals surface area contributed by atoms with Crippen molar-refractivity contribution in [2.75, 3.05) is 25.1 Å². The quantitative estimate of drug-likeness (QED) is 0.911. The zero-order valence-corrected chi connectivity index (χ0v) is 11.5. The Labute approximate surface area is 112 Å². The van der Waals surface area contributed by atoms with E-state index in [9.17, 15) is 5.11 Å². The summed E-state index contributed by atoms with van der Waals surface area (Å²) in [6.45, 7) is 0.672. The number of likely N-dealkylation sites (N-methyl/N-ethyl adjacent to an activating group) is 1. The Kier molecular flexibility index (Phi) is 4.74. The number of thioether (sulfide) groups is 1. The molecule has 1 saturated heterocycles. The van der Waals surface area contributed by atoms with E-state index in [0.717, 1.165) is 5.56 Å². The molecule has 0 aliphatic carbocycles. The average molecular weight is 272 g/mol.